The van der Waals surface area contributed by atoms with Gasteiger partial charge in [0.15, 0.2) is 0 Å². The summed E-state index contributed by atoms with van der Waals surface area (Å²) < 4.78 is 5.45. The normalized spacial score (nSPS) is 14.8. The summed E-state index contributed by atoms with van der Waals surface area (Å²) in [6.45, 7) is 2.50. The third-order valence-electron chi connectivity index (χ3n) is 4.36. The number of rotatable bonds is 6. The van der Waals surface area contributed by atoms with E-state index >= 15 is 0 Å². The number of ether oxygens (including phenoxy) is 1. The molecule has 1 atom stereocenters. The first kappa shape index (κ1) is 17.8. The number of nitrogens with one attached hydrogen (secondary N) is 2. The van der Waals surface area contributed by atoms with Gasteiger partial charge in [-0.15, -0.1) is 0 Å². The molecule has 6 nitrogen and oxygen atoms in total. The Morgan fingerprint density at radius 1 is 1.15 bits per heavy atom. The van der Waals surface area contributed by atoms with Crippen molar-refractivity contribution in [3.05, 3.63) is 48.5 Å². The van der Waals surface area contributed by atoms with Gasteiger partial charge in [0.05, 0.1) is 12.8 Å². The van der Waals surface area contributed by atoms with Crippen molar-refractivity contribution < 1.29 is 14.3 Å². The van der Waals surface area contributed by atoms with Gasteiger partial charge in [-0.2, -0.15) is 0 Å². The number of carbonyl (C=O) groups excluding carboxylic acids is 2. The second-order valence-corrected chi connectivity index (χ2v) is 6.26. The molecule has 136 valence electrons. The number of benzene rings is 2. The fourth-order valence-corrected chi connectivity index (χ4v) is 2.98. The van der Waals surface area contributed by atoms with Crippen LogP contribution in [0.3, 0.4) is 0 Å². The third kappa shape index (κ3) is 3.96. The predicted octanol–water partition coefficient (Wildman–Crippen LogP) is 3.26. The largest absolute Gasteiger partial charge is 0.494 e. The van der Waals surface area contributed by atoms with Gasteiger partial charge >= 0.3 is 0 Å². The molecule has 2 amide bonds. The summed E-state index contributed by atoms with van der Waals surface area (Å²) in [6.07, 6.45) is 1.43. The summed E-state index contributed by atoms with van der Waals surface area (Å²) in [5.41, 5.74) is 2.28. The maximum absolute atomic E-state index is 12.3. The number of nitrogens with zero attached hydrogens (tertiary/aromatic N) is 1. The smallest absolute Gasteiger partial charge is 0.246 e. The van der Waals surface area contributed by atoms with Crippen LogP contribution in [0.5, 0.6) is 5.75 Å². The van der Waals surface area contributed by atoms with E-state index in [-0.39, 0.29) is 11.8 Å². The molecule has 0 aromatic heterocycles. The lowest BCUT2D eigenvalue weighted by Gasteiger charge is -2.21. The molecule has 1 saturated heterocycles. The molecule has 0 radical (unpaired) electrons. The van der Waals surface area contributed by atoms with Gasteiger partial charge in [0.25, 0.3) is 0 Å². The molecule has 6 heteroatoms. The minimum Gasteiger partial charge on any atom is -0.494 e. The Hall–Kier alpha value is -3.02. The first-order chi connectivity index (χ1) is 12.6. The molecule has 1 aliphatic heterocycles. The Morgan fingerprint density at radius 3 is 2.58 bits per heavy atom. The van der Waals surface area contributed by atoms with Gasteiger partial charge in [0.1, 0.15) is 11.8 Å². The molecule has 1 aliphatic rings. The van der Waals surface area contributed by atoms with Crippen LogP contribution in [0.2, 0.25) is 0 Å². The SMILES string of the molecule is COc1cc(NC(C)C(=O)Nc2ccccc2)ccc1N1CCCC1=O. The number of hydrogen-bond donors (Lipinski definition) is 2. The van der Waals surface area contributed by atoms with E-state index in [9.17, 15) is 9.59 Å². The van der Waals surface area contributed by atoms with Gasteiger partial charge < -0.3 is 20.3 Å². The zero-order chi connectivity index (χ0) is 18.5. The van der Waals surface area contributed by atoms with Crippen molar-refractivity contribution in [3.63, 3.8) is 0 Å². The highest BCUT2D eigenvalue weighted by molar-refractivity contribution is 5.98. The summed E-state index contributed by atoms with van der Waals surface area (Å²) in [5.74, 6) is 0.592. The van der Waals surface area contributed by atoms with Crippen LogP contribution in [0.1, 0.15) is 19.8 Å². The van der Waals surface area contributed by atoms with E-state index < -0.39 is 6.04 Å². The number of amides is 2. The Bertz CT molecular complexity index is 792. The molecule has 0 spiro atoms. The molecule has 2 N–H and O–H groups in total. The van der Waals surface area contributed by atoms with Crippen molar-refractivity contribution in [2.45, 2.75) is 25.8 Å². The lowest BCUT2D eigenvalue weighted by atomic mass is 10.2. The zero-order valence-corrected chi connectivity index (χ0v) is 15.0. The van der Waals surface area contributed by atoms with E-state index in [2.05, 4.69) is 10.6 Å². The highest BCUT2D eigenvalue weighted by Gasteiger charge is 2.24. The van der Waals surface area contributed by atoms with Crippen molar-refractivity contribution >= 4 is 28.9 Å². The van der Waals surface area contributed by atoms with Crippen LogP contribution < -0.4 is 20.3 Å². The van der Waals surface area contributed by atoms with Gasteiger partial charge in [-0.05, 0) is 37.6 Å². The minimum atomic E-state index is -0.431. The van der Waals surface area contributed by atoms with Crippen molar-refractivity contribution in [1.29, 1.82) is 0 Å². The fourth-order valence-electron chi connectivity index (χ4n) is 2.98. The van der Waals surface area contributed by atoms with Crippen molar-refractivity contribution in [1.82, 2.24) is 0 Å². The van der Waals surface area contributed by atoms with Crippen LogP contribution >= 0.6 is 0 Å². The Balaban J connectivity index is 1.69. The fraction of sp³-hybridized carbons (Fsp3) is 0.300. The molecule has 0 bridgehead atoms. The van der Waals surface area contributed by atoms with Gasteiger partial charge in [-0.3, -0.25) is 9.59 Å². The van der Waals surface area contributed by atoms with Crippen LogP contribution in [0, 0.1) is 0 Å². The monoisotopic (exact) mass is 353 g/mol. The molecule has 1 unspecified atom stereocenters. The summed E-state index contributed by atoms with van der Waals surface area (Å²) in [6, 6.07) is 14.4. The molecular weight excluding hydrogens is 330 g/mol. The quantitative estimate of drug-likeness (QED) is 0.836. The Kier molecular flexibility index (Phi) is 5.41. The third-order valence-corrected chi connectivity index (χ3v) is 4.36. The standard InChI is InChI=1S/C20H23N3O3/c1-14(20(25)22-15-7-4-3-5-8-15)21-16-10-11-17(18(13-16)26-2)23-12-6-9-19(23)24/h3-5,7-8,10-11,13-14,21H,6,9,12H2,1-2H3,(H,22,25). The average Bonchev–Trinajstić information content (AvgIpc) is 3.08. The minimum absolute atomic E-state index is 0.111. The maximum Gasteiger partial charge on any atom is 0.246 e. The van der Waals surface area contributed by atoms with E-state index in [1.54, 1.807) is 18.9 Å². The van der Waals surface area contributed by atoms with Crippen LogP contribution in [0.4, 0.5) is 17.1 Å². The van der Waals surface area contributed by atoms with Crippen molar-refractivity contribution in [2.75, 3.05) is 29.2 Å². The molecule has 26 heavy (non-hydrogen) atoms. The zero-order valence-electron chi connectivity index (χ0n) is 15.0. The number of hydrogen-bond acceptors (Lipinski definition) is 4. The van der Waals surface area contributed by atoms with E-state index in [4.69, 9.17) is 4.74 Å². The van der Waals surface area contributed by atoms with E-state index in [1.807, 2.05) is 48.5 Å². The summed E-state index contributed by atoms with van der Waals surface area (Å²) in [5, 5.41) is 6.04. The molecule has 1 fully saturated rings. The summed E-state index contributed by atoms with van der Waals surface area (Å²) in [7, 11) is 1.58. The number of para-hydroxylation sites is 1. The summed E-state index contributed by atoms with van der Waals surface area (Å²) in [4.78, 5) is 26.0. The molecule has 1 heterocycles. The highest BCUT2D eigenvalue weighted by atomic mass is 16.5. The lowest BCUT2D eigenvalue weighted by Crippen LogP contribution is -2.32. The van der Waals surface area contributed by atoms with Gasteiger partial charge in [0, 0.05) is 30.4 Å². The molecule has 3 rings (SSSR count). The molecular formula is C20H23N3O3. The molecule has 0 saturated carbocycles. The molecule has 0 aliphatic carbocycles. The highest BCUT2D eigenvalue weighted by Crippen LogP contribution is 2.34. The van der Waals surface area contributed by atoms with E-state index in [1.165, 1.54) is 0 Å². The first-order valence-electron chi connectivity index (χ1n) is 8.69. The summed E-state index contributed by atoms with van der Waals surface area (Å²) >= 11 is 0. The van der Waals surface area contributed by atoms with Crippen LogP contribution in [0.15, 0.2) is 48.5 Å². The number of carbonyl (C=O) groups is 2. The van der Waals surface area contributed by atoms with E-state index in [0.29, 0.717) is 18.7 Å². The second-order valence-electron chi connectivity index (χ2n) is 6.26. The van der Waals surface area contributed by atoms with Gasteiger partial charge in [-0.25, -0.2) is 0 Å². The lowest BCUT2D eigenvalue weighted by molar-refractivity contribution is -0.117. The van der Waals surface area contributed by atoms with Gasteiger partial charge in [-0.1, -0.05) is 18.2 Å². The van der Waals surface area contributed by atoms with Crippen LogP contribution in [0.25, 0.3) is 0 Å². The van der Waals surface area contributed by atoms with E-state index in [0.717, 1.165) is 23.5 Å². The van der Waals surface area contributed by atoms with Crippen molar-refractivity contribution in [2.24, 2.45) is 0 Å². The number of anilines is 3. The van der Waals surface area contributed by atoms with Gasteiger partial charge in [0.2, 0.25) is 11.8 Å². The number of methoxy groups -OCH3 is 1. The second kappa shape index (κ2) is 7.91. The van der Waals surface area contributed by atoms with Crippen LogP contribution in [-0.2, 0) is 9.59 Å². The Morgan fingerprint density at radius 2 is 1.92 bits per heavy atom. The maximum atomic E-state index is 12.3. The van der Waals surface area contributed by atoms with Crippen LogP contribution in [-0.4, -0.2) is 31.5 Å². The first-order valence-corrected chi connectivity index (χ1v) is 8.69. The Labute approximate surface area is 153 Å². The average molecular weight is 353 g/mol. The predicted molar refractivity (Wildman–Crippen MR) is 103 cm³/mol. The topological polar surface area (TPSA) is 70.7 Å². The van der Waals surface area contributed by atoms with Crippen molar-refractivity contribution in [3.8, 4) is 5.75 Å². The molecule has 2 aromatic rings. The molecule has 2 aromatic carbocycles.